The van der Waals surface area contributed by atoms with Crippen molar-refractivity contribution in [2.45, 2.75) is 19.3 Å². The van der Waals surface area contributed by atoms with Gasteiger partial charge in [-0.15, -0.1) is 0 Å². The molecule has 0 radical (unpaired) electrons. The molecule has 4 nitrogen and oxygen atoms in total. The first-order valence-corrected chi connectivity index (χ1v) is 7.15. The summed E-state index contributed by atoms with van der Waals surface area (Å²) < 4.78 is 30.9. The van der Waals surface area contributed by atoms with Gasteiger partial charge in [0.15, 0.2) is 23.1 Å². The zero-order valence-electron chi connectivity index (χ0n) is 11.7. The van der Waals surface area contributed by atoms with Crippen LogP contribution in [0, 0.1) is 11.7 Å². The fourth-order valence-corrected chi connectivity index (χ4v) is 2.91. The maximum atomic E-state index is 14.5. The van der Waals surface area contributed by atoms with Gasteiger partial charge in [-0.05, 0) is 38.3 Å². The number of nitrogens with one attached hydrogen (secondary N) is 1. The van der Waals surface area contributed by atoms with Crippen LogP contribution in [0.4, 0.5) is 4.39 Å². The topological polar surface area (TPSA) is 39.7 Å². The lowest BCUT2D eigenvalue weighted by Gasteiger charge is -2.26. The molecule has 5 heteroatoms. The Labute approximate surface area is 118 Å². The molecule has 2 aliphatic rings. The van der Waals surface area contributed by atoms with Crippen molar-refractivity contribution in [1.29, 1.82) is 0 Å². The van der Waals surface area contributed by atoms with Gasteiger partial charge in [0.2, 0.25) is 0 Å². The quantitative estimate of drug-likeness (QED) is 0.921. The number of halogens is 1. The highest BCUT2D eigenvalue weighted by Crippen LogP contribution is 2.42. The number of hydrogen-bond donors (Lipinski definition) is 1. The number of methoxy groups -OCH3 is 1. The predicted octanol–water partition coefficient (Wildman–Crippen LogP) is 2.15. The number of piperidine rings is 1. The molecule has 1 aromatic carbocycles. The minimum Gasteiger partial charge on any atom is -0.494 e. The van der Waals surface area contributed by atoms with Gasteiger partial charge in [-0.1, -0.05) is 0 Å². The number of benzene rings is 1. The summed E-state index contributed by atoms with van der Waals surface area (Å²) in [6.45, 7) is 2.96. The first kappa shape index (κ1) is 13.5. The summed E-state index contributed by atoms with van der Waals surface area (Å²) in [4.78, 5) is 0. The van der Waals surface area contributed by atoms with Gasteiger partial charge in [-0.3, -0.25) is 0 Å². The Morgan fingerprint density at radius 2 is 2.05 bits per heavy atom. The lowest BCUT2D eigenvalue weighted by molar-refractivity contribution is 0.166. The molecule has 2 aliphatic heterocycles. The van der Waals surface area contributed by atoms with E-state index >= 15 is 0 Å². The van der Waals surface area contributed by atoms with Crippen LogP contribution in [-0.4, -0.2) is 33.4 Å². The molecule has 20 heavy (non-hydrogen) atoms. The Bertz CT molecular complexity index is 486. The van der Waals surface area contributed by atoms with Crippen LogP contribution in [0.2, 0.25) is 0 Å². The monoisotopic (exact) mass is 281 g/mol. The number of fused-ring (bicyclic) bond motifs is 1. The molecular formula is C15H20FNO3. The lowest BCUT2D eigenvalue weighted by Crippen LogP contribution is -2.29. The summed E-state index contributed by atoms with van der Waals surface area (Å²) in [5, 5.41) is 3.33. The van der Waals surface area contributed by atoms with E-state index in [1.165, 1.54) is 7.11 Å². The first-order chi connectivity index (χ1) is 9.79. The van der Waals surface area contributed by atoms with Gasteiger partial charge in [-0.25, -0.2) is 4.39 Å². The molecule has 3 rings (SSSR count). The van der Waals surface area contributed by atoms with Crippen LogP contribution in [0.3, 0.4) is 0 Å². The molecule has 1 N–H and O–H groups in total. The highest BCUT2D eigenvalue weighted by Gasteiger charge is 2.26. The van der Waals surface area contributed by atoms with E-state index < -0.39 is 0 Å². The number of hydrogen-bond acceptors (Lipinski definition) is 4. The van der Waals surface area contributed by atoms with E-state index in [0.29, 0.717) is 42.6 Å². The van der Waals surface area contributed by atoms with Crippen LogP contribution in [-0.2, 0) is 6.42 Å². The maximum absolute atomic E-state index is 14.5. The van der Waals surface area contributed by atoms with Crippen LogP contribution >= 0.6 is 0 Å². The Balaban J connectivity index is 1.93. The molecule has 1 aromatic rings. The van der Waals surface area contributed by atoms with E-state index in [2.05, 4.69) is 5.32 Å². The van der Waals surface area contributed by atoms with E-state index in [1.807, 2.05) is 0 Å². The zero-order valence-corrected chi connectivity index (χ0v) is 11.7. The summed E-state index contributed by atoms with van der Waals surface area (Å²) >= 11 is 0. The van der Waals surface area contributed by atoms with Crippen molar-refractivity contribution >= 4 is 0 Å². The van der Waals surface area contributed by atoms with Gasteiger partial charge in [-0.2, -0.15) is 0 Å². The van der Waals surface area contributed by atoms with Gasteiger partial charge in [0.25, 0.3) is 0 Å². The van der Waals surface area contributed by atoms with Gasteiger partial charge in [0, 0.05) is 11.6 Å². The SMILES string of the molecule is COc1cc2c(c(CC3CCNCC3)c1F)OCCO2. The van der Waals surface area contributed by atoms with Gasteiger partial charge in [0.1, 0.15) is 13.2 Å². The molecule has 0 aromatic heterocycles. The summed E-state index contributed by atoms with van der Waals surface area (Å²) in [6.07, 6.45) is 2.80. The predicted molar refractivity (Wildman–Crippen MR) is 73.2 cm³/mol. The second kappa shape index (κ2) is 5.87. The molecule has 0 unspecified atom stereocenters. The number of ether oxygens (including phenoxy) is 3. The normalized spacial score (nSPS) is 18.9. The Hall–Kier alpha value is -1.49. The molecule has 0 saturated carbocycles. The van der Waals surface area contributed by atoms with Gasteiger partial charge < -0.3 is 19.5 Å². The van der Waals surface area contributed by atoms with Crippen LogP contribution in [0.1, 0.15) is 18.4 Å². The van der Waals surface area contributed by atoms with E-state index in [1.54, 1.807) is 6.07 Å². The molecule has 0 atom stereocenters. The summed E-state index contributed by atoms with van der Waals surface area (Å²) in [7, 11) is 1.47. The molecule has 0 aliphatic carbocycles. The van der Waals surface area contributed by atoms with Crippen molar-refractivity contribution in [3.05, 3.63) is 17.4 Å². The minimum absolute atomic E-state index is 0.234. The highest BCUT2D eigenvalue weighted by molar-refractivity contribution is 5.53. The minimum atomic E-state index is -0.310. The summed E-state index contributed by atoms with van der Waals surface area (Å²) in [5.74, 6) is 1.56. The van der Waals surface area contributed by atoms with Crippen molar-refractivity contribution < 1.29 is 18.6 Å². The fourth-order valence-electron chi connectivity index (χ4n) is 2.91. The second-order valence-electron chi connectivity index (χ2n) is 5.29. The first-order valence-electron chi connectivity index (χ1n) is 7.15. The lowest BCUT2D eigenvalue weighted by atomic mass is 9.90. The summed E-state index contributed by atoms with van der Waals surface area (Å²) in [6, 6.07) is 1.58. The van der Waals surface area contributed by atoms with Crippen LogP contribution < -0.4 is 19.5 Å². The van der Waals surface area contributed by atoms with E-state index in [4.69, 9.17) is 14.2 Å². The molecule has 0 spiro atoms. The molecule has 1 saturated heterocycles. The Kier molecular flexibility index (Phi) is 3.96. The molecule has 2 heterocycles. The Morgan fingerprint density at radius 1 is 1.30 bits per heavy atom. The Morgan fingerprint density at radius 3 is 2.80 bits per heavy atom. The van der Waals surface area contributed by atoms with E-state index in [9.17, 15) is 4.39 Å². The highest BCUT2D eigenvalue weighted by atomic mass is 19.1. The zero-order chi connectivity index (χ0) is 13.9. The van der Waals surface area contributed by atoms with Crippen LogP contribution in [0.25, 0.3) is 0 Å². The van der Waals surface area contributed by atoms with Crippen molar-refractivity contribution in [3.63, 3.8) is 0 Å². The molecule has 0 bridgehead atoms. The largest absolute Gasteiger partial charge is 0.494 e. The van der Waals surface area contributed by atoms with Gasteiger partial charge >= 0.3 is 0 Å². The van der Waals surface area contributed by atoms with E-state index in [0.717, 1.165) is 25.9 Å². The molecular weight excluding hydrogens is 261 g/mol. The molecule has 0 amide bonds. The molecule has 110 valence electrons. The average molecular weight is 281 g/mol. The standard InChI is InChI=1S/C15H20FNO3/c1-18-12-9-13-15(20-7-6-19-13)11(14(12)16)8-10-2-4-17-5-3-10/h9-10,17H,2-8H2,1H3. The third-order valence-electron chi connectivity index (χ3n) is 4.00. The van der Waals surface area contributed by atoms with Crippen molar-refractivity contribution in [2.24, 2.45) is 5.92 Å². The third kappa shape index (κ3) is 2.54. The van der Waals surface area contributed by atoms with Crippen LogP contribution in [0.5, 0.6) is 17.2 Å². The fraction of sp³-hybridized carbons (Fsp3) is 0.600. The maximum Gasteiger partial charge on any atom is 0.172 e. The summed E-state index contributed by atoms with van der Waals surface area (Å²) in [5.41, 5.74) is 0.603. The van der Waals surface area contributed by atoms with Crippen molar-refractivity contribution in [1.82, 2.24) is 5.32 Å². The van der Waals surface area contributed by atoms with Gasteiger partial charge in [0.05, 0.1) is 7.11 Å². The van der Waals surface area contributed by atoms with Crippen molar-refractivity contribution in [3.8, 4) is 17.2 Å². The number of rotatable bonds is 3. The van der Waals surface area contributed by atoms with Crippen molar-refractivity contribution in [2.75, 3.05) is 33.4 Å². The third-order valence-corrected chi connectivity index (χ3v) is 4.00. The van der Waals surface area contributed by atoms with E-state index in [-0.39, 0.29) is 11.6 Å². The molecule has 1 fully saturated rings. The van der Waals surface area contributed by atoms with Crippen LogP contribution in [0.15, 0.2) is 6.07 Å². The second-order valence-corrected chi connectivity index (χ2v) is 5.29. The average Bonchev–Trinajstić information content (AvgIpc) is 2.51. The smallest absolute Gasteiger partial charge is 0.172 e.